The Bertz CT molecular complexity index is 617. The van der Waals surface area contributed by atoms with E-state index in [9.17, 15) is 0 Å². The maximum Gasteiger partial charge on any atom is 0.144 e. The Kier molecular flexibility index (Phi) is 3.99. The van der Waals surface area contributed by atoms with Crippen molar-refractivity contribution in [2.24, 2.45) is 0 Å². The molecule has 0 aliphatic heterocycles. The molecule has 2 rings (SSSR count). The van der Waals surface area contributed by atoms with Crippen LogP contribution in [0.4, 0.5) is 5.82 Å². The lowest BCUT2D eigenvalue weighted by Crippen LogP contribution is -2.05. The van der Waals surface area contributed by atoms with E-state index in [1.165, 1.54) is 0 Å². The van der Waals surface area contributed by atoms with E-state index in [2.05, 4.69) is 16.4 Å². The lowest BCUT2D eigenvalue weighted by atomic mass is 10.1. The van der Waals surface area contributed by atoms with Crippen LogP contribution >= 0.6 is 0 Å². The average Bonchev–Trinajstić information content (AvgIpc) is 2.45. The molecule has 0 saturated heterocycles. The lowest BCUT2D eigenvalue weighted by Gasteiger charge is -2.11. The number of anilines is 1. The van der Waals surface area contributed by atoms with Gasteiger partial charge >= 0.3 is 0 Å². The molecule has 0 saturated carbocycles. The minimum absolute atomic E-state index is 0.565. The molecular formula is C15H15N3O. The first-order valence-corrected chi connectivity index (χ1v) is 5.97. The average molecular weight is 253 g/mol. The number of nitrogens with one attached hydrogen (secondary N) is 1. The summed E-state index contributed by atoms with van der Waals surface area (Å²) in [6.07, 6.45) is 1.70. The van der Waals surface area contributed by atoms with E-state index < -0.39 is 0 Å². The number of nitriles is 1. The molecule has 0 bridgehead atoms. The summed E-state index contributed by atoms with van der Waals surface area (Å²) in [6, 6.07) is 11.8. The van der Waals surface area contributed by atoms with Crippen LogP contribution in [0.25, 0.3) is 0 Å². The van der Waals surface area contributed by atoms with Crippen LogP contribution in [0.1, 0.15) is 16.7 Å². The van der Waals surface area contributed by atoms with Crippen LogP contribution in [0, 0.1) is 18.3 Å². The van der Waals surface area contributed by atoms with Crippen molar-refractivity contribution in [1.82, 2.24) is 4.98 Å². The van der Waals surface area contributed by atoms with E-state index in [4.69, 9.17) is 10.00 Å². The number of pyridine rings is 1. The molecule has 0 radical (unpaired) electrons. The predicted octanol–water partition coefficient (Wildman–Crippen LogP) is 2.88. The van der Waals surface area contributed by atoms with Crippen molar-refractivity contribution in [3.05, 3.63) is 53.2 Å². The van der Waals surface area contributed by atoms with Crippen molar-refractivity contribution >= 4 is 5.82 Å². The highest BCUT2D eigenvalue weighted by molar-refractivity contribution is 5.55. The maximum atomic E-state index is 9.14. The standard InChI is InChI=1S/C15H15N3O/c1-11-7-8-17-15(13(11)9-16)18-10-12-5-3-4-6-14(12)19-2/h3-8H,10H2,1-2H3,(H,17,18). The topological polar surface area (TPSA) is 57.9 Å². The summed E-state index contributed by atoms with van der Waals surface area (Å²) in [5.74, 6) is 1.43. The van der Waals surface area contributed by atoms with Gasteiger partial charge < -0.3 is 10.1 Å². The number of hydrogen-bond acceptors (Lipinski definition) is 4. The van der Waals surface area contributed by atoms with Gasteiger partial charge in [-0.05, 0) is 24.6 Å². The molecule has 2 aromatic rings. The molecule has 0 spiro atoms. The first-order chi connectivity index (χ1) is 9.26. The summed E-state index contributed by atoms with van der Waals surface area (Å²) in [5.41, 5.74) is 2.52. The number of rotatable bonds is 4. The zero-order valence-electron chi connectivity index (χ0n) is 11.0. The van der Waals surface area contributed by atoms with Crippen LogP contribution < -0.4 is 10.1 Å². The fraction of sp³-hybridized carbons (Fsp3) is 0.200. The van der Waals surface area contributed by atoms with Gasteiger partial charge in [-0.15, -0.1) is 0 Å². The molecule has 1 aromatic carbocycles. The Labute approximate surface area is 112 Å². The van der Waals surface area contributed by atoms with Crippen molar-refractivity contribution < 1.29 is 4.74 Å². The predicted molar refractivity (Wildman–Crippen MR) is 74.0 cm³/mol. The van der Waals surface area contributed by atoms with Crippen LogP contribution in [0.5, 0.6) is 5.75 Å². The summed E-state index contributed by atoms with van der Waals surface area (Å²) in [6.45, 7) is 2.46. The Hall–Kier alpha value is -2.54. The van der Waals surface area contributed by atoms with Gasteiger partial charge in [0.25, 0.3) is 0 Å². The van der Waals surface area contributed by atoms with Crippen molar-refractivity contribution in [2.45, 2.75) is 13.5 Å². The number of methoxy groups -OCH3 is 1. The first kappa shape index (κ1) is 12.9. The molecule has 96 valence electrons. The van der Waals surface area contributed by atoms with E-state index in [0.29, 0.717) is 17.9 Å². The third kappa shape index (κ3) is 2.83. The molecule has 1 heterocycles. The molecule has 0 atom stereocenters. The van der Waals surface area contributed by atoms with E-state index >= 15 is 0 Å². The smallest absolute Gasteiger partial charge is 0.144 e. The first-order valence-electron chi connectivity index (χ1n) is 5.97. The molecule has 1 N–H and O–H groups in total. The van der Waals surface area contributed by atoms with Crippen molar-refractivity contribution in [3.8, 4) is 11.8 Å². The van der Waals surface area contributed by atoms with Crippen LogP contribution in [0.15, 0.2) is 36.5 Å². The number of para-hydroxylation sites is 1. The third-order valence-corrected chi connectivity index (χ3v) is 2.91. The fourth-order valence-electron chi connectivity index (χ4n) is 1.86. The molecule has 0 fully saturated rings. The van der Waals surface area contributed by atoms with Gasteiger partial charge in [-0.3, -0.25) is 0 Å². The Morgan fingerprint density at radius 1 is 1.32 bits per heavy atom. The minimum Gasteiger partial charge on any atom is -0.496 e. The molecule has 0 unspecified atom stereocenters. The van der Waals surface area contributed by atoms with Gasteiger partial charge in [-0.1, -0.05) is 18.2 Å². The number of aromatic nitrogens is 1. The highest BCUT2D eigenvalue weighted by Gasteiger charge is 2.07. The Morgan fingerprint density at radius 2 is 2.11 bits per heavy atom. The van der Waals surface area contributed by atoms with Gasteiger partial charge in [0.2, 0.25) is 0 Å². The van der Waals surface area contributed by atoms with E-state index in [0.717, 1.165) is 16.9 Å². The van der Waals surface area contributed by atoms with Gasteiger partial charge in [0.05, 0.1) is 12.7 Å². The number of benzene rings is 1. The summed E-state index contributed by atoms with van der Waals surface area (Å²) >= 11 is 0. The largest absolute Gasteiger partial charge is 0.496 e. The normalized spacial score (nSPS) is 9.74. The highest BCUT2D eigenvalue weighted by atomic mass is 16.5. The quantitative estimate of drug-likeness (QED) is 0.910. The number of nitrogens with zero attached hydrogens (tertiary/aromatic N) is 2. The summed E-state index contributed by atoms with van der Waals surface area (Å²) in [7, 11) is 1.64. The highest BCUT2D eigenvalue weighted by Crippen LogP contribution is 2.20. The summed E-state index contributed by atoms with van der Waals surface area (Å²) < 4.78 is 5.29. The number of aryl methyl sites for hydroxylation is 1. The minimum atomic E-state index is 0.565. The SMILES string of the molecule is COc1ccccc1CNc1nccc(C)c1C#N. The second-order valence-corrected chi connectivity index (χ2v) is 4.13. The molecule has 0 amide bonds. The molecule has 0 aliphatic rings. The van der Waals surface area contributed by atoms with Crippen LogP contribution in [0.3, 0.4) is 0 Å². The Balaban J connectivity index is 2.20. The van der Waals surface area contributed by atoms with Gasteiger partial charge in [0, 0.05) is 18.3 Å². The zero-order valence-corrected chi connectivity index (χ0v) is 11.0. The molecular weight excluding hydrogens is 238 g/mol. The molecule has 19 heavy (non-hydrogen) atoms. The van der Waals surface area contributed by atoms with Gasteiger partial charge in [0.15, 0.2) is 0 Å². The van der Waals surface area contributed by atoms with Gasteiger partial charge in [-0.25, -0.2) is 4.98 Å². The second-order valence-electron chi connectivity index (χ2n) is 4.13. The molecule has 4 nitrogen and oxygen atoms in total. The van der Waals surface area contributed by atoms with Crippen molar-refractivity contribution in [2.75, 3.05) is 12.4 Å². The van der Waals surface area contributed by atoms with E-state index in [-0.39, 0.29) is 0 Å². The van der Waals surface area contributed by atoms with Gasteiger partial charge in [0.1, 0.15) is 17.6 Å². The van der Waals surface area contributed by atoms with Crippen LogP contribution in [-0.2, 0) is 6.54 Å². The summed E-state index contributed by atoms with van der Waals surface area (Å²) in [5, 5.41) is 12.3. The zero-order chi connectivity index (χ0) is 13.7. The van der Waals surface area contributed by atoms with Crippen molar-refractivity contribution in [3.63, 3.8) is 0 Å². The van der Waals surface area contributed by atoms with E-state index in [1.54, 1.807) is 13.3 Å². The molecule has 4 heteroatoms. The summed E-state index contributed by atoms with van der Waals surface area (Å²) in [4.78, 5) is 4.21. The van der Waals surface area contributed by atoms with E-state index in [1.807, 2.05) is 37.3 Å². The number of hydrogen-bond donors (Lipinski definition) is 1. The number of ether oxygens (including phenoxy) is 1. The monoisotopic (exact) mass is 253 g/mol. The second kappa shape index (κ2) is 5.87. The molecule has 0 aliphatic carbocycles. The maximum absolute atomic E-state index is 9.14. The Morgan fingerprint density at radius 3 is 2.84 bits per heavy atom. The third-order valence-electron chi connectivity index (χ3n) is 2.91. The van der Waals surface area contributed by atoms with Crippen LogP contribution in [0.2, 0.25) is 0 Å². The lowest BCUT2D eigenvalue weighted by molar-refractivity contribution is 0.410. The fourth-order valence-corrected chi connectivity index (χ4v) is 1.86. The van der Waals surface area contributed by atoms with Crippen LogP contribution in [-0.4, -0.2) is 12.1 Å². The van der Waals surface area contributed by atoms with Gasteiger partial charge in [-0.2, -0.15) is 5.26 Å². The van der Waals surface area contributed by atoms with Crippen molar-refractivity contribution in [1.29, 1.82) is 5.26 Å². The molecule has 1 aromatic heterocycles.